The van der Waals surface area contributed by atoms with E-state index in [9.17, 15) is 9.59 Å². The average Bonchev–Trinajstić information content (AvgIpc) is 3.76. The number of likely N-dealkylation sites (tertiary alicyclic amines) is 1. The fourth-order valence-electron chi connectivity index (χ4n) is 10.9. The number of anilines is 2. The van der Waals surface area contributed by atoms with Crippen LogP contribution in [0.25, 0.3) is 22.6 Å². The lowest BCUT2D eigenvalue weighted by Gasteiger charge is -2.40. The Bertz CT molecular complexity index is 2400. The van der Waals surface area contributed by atoms with Crippen molar-refractivity contribution in [1.29, 1.82) is 0 Å². The monoisotopic (exact) mass is 960 g/mol. The van der Waals surface area contributed by atoms with Crippen LogP contribution in [0.15, 0.2) is 83.5 Å². The minimum Gasteiger partial charge on any atom is -0.372 e. The molecule has 5 fully saturated rings. The van der Waals surface area contributed by atoms with Crippen LogP contribution in [-0.4, -0.2) is 138 Å². The number of pyridine rings is 1. The lowest BCUT2D eigenvalue weighted by molar-refractivity contribution is -0.134. The Morgan fingerprint density at radius 1 is 0.631 bits per heavy atom. The Balaban J connectivity index is 0.634. The summed E-state index contributed by atoms with van der Waals surface area (Å²) < 4.78 is 0.989. The Hall–Kier alpha value is -4.37. The average molecular weight is 962 g/mol. The highest BCUT2D eigenvalue weighted by molar-refractivity contribution is 9.10. The SMILES string of the molecule is O=C1CC[C@H](c2ccc(N3CCC(CN4CCC(CN5CCN(Cc6ccc(-c7nc8ncc(Br)c(N9CCN(Cc%10ccc(Cl)cc%10)CC9)c8[nH]7)cc6)CC5)CC4)CC3)cc2)C(=O)N1. The first-order valence-electron chi connectivity index (χ1n) is 24.0. The van der Waals surface area contributed by atoms with Crippen LogP contribution >= 0.6 is 27.5 Å². The number of nitrogens with zero attached hydrogens (tertiary/aromatic N) is 8. The van der Waals surface area contributed by atoms with Crippen LogP contribution in [0.3, 0.4) is 0 Å². The predicted molar refractivity (Wildman–Crippen MR) is 263 cm³/mol. The van der Waals surface area contributed by atoms with Gasteiger partial charge in [0.25, 0.3) is 0 Å². The van der Waals surface area contributed by atoms with Gasteiger partial charge in [0.15, 0.2) is 5.65 Å². The molecule has 10 rings (SSSR count). The Morgan fingerprint density at radius 2 is 1.20 bits per heavy atom. The fourth-order valence-corrected chi connectivity index (χ4v) is 11.6. The number of piperazine rings is 2. The van der Waals surface area contributed by atoms with E-state index in [1.165, 1.54) is 68.7 Å². The van der Waals surface area contributed by atoms with Gasteiger partial charge < -0.3 is 24.6 Å². The molecule has 0 radical (unpaired) electrons. The van der Waals surface area contributed by atoms with Crippen LogP contribution in [0.4, 0.5) is 11.4 Å². The number of imidazole rings is 1. The molecule has 2 N–H and O–H groups in total. The summed E-state index contributed by atoms with van der Waals surface area (Å²) in [4.78, 5) is 52.7. The molecule has 2 amide bonds. The van der Waals surface area contributed by atoms with Crippen LogP contribution in [0, 0.1) is 11.8 Å². The van der Waals surface area contributed by atoms with Gasteiger partial charge >= 0.3 is 0 Å². The first-order valence-corrected chi connectivity index (χ1v) is 25.1. The number of halogens is 2. The molecule has 5 aliphatic rings. The van der Waals surface area contributed by atoms with Crippen molar-refractivity contribution in [2.45, 2.75) is 57.5 Å². The second kappa shape index (κ2) is 20.2. The third-order valence-corrected chi connectivity index (χ3v) is 15.6. The number of carbonyl (C=O) groups is 2. The molecule has 7 heterocycles. The fraction of sp³-hybridized carbons (Fsp3) is 0.490. The number of hydrogen-bond acceptors (Lipinski definition) is 10. The van der Waals surface area contributed by atoms with Gasteiger partial charge in [0.05, 0.1) is 16.1 Å². The van der Waals surface area contributed by atoms with E-state index in [4.69, 9.17) is 16.6 Å². The van der Waals surface area contributed by atoms with Gasteiger partial charge in [-0.2, -0.15) is 0 Å². The van der Waals surface area contributed by atoms with Gasteiger partial charge in [-0.25, -0.2) is 9.97 Å². The Labute approximate surface area is 396 Å². The first-order chi connectivity index (χ1) is 31.8. The van der Waals surface area contributed by atoms with Gasteiger partial charge in [-0.1, -0.05) is 60.1 Å². The minimum atomic E-state index is -0.219. The number of amides is 2. The zero-order chi connectivity index (χ0) is 44.3. The third-order valence-electron chi connectivity index (χ3n) is 14.8. The highest BCUT2D eigenvalue weighted by atomic mass is 79.9. The van der Waals surface area contributed by atoms with Crippen molar-refractivity contribution in [3.8, 4) is 11.4 Å². The van der Waals surface area contributed by atoms with Gasteiger partial charge in [-0.15, -0.1) is 0 Å². The summed E-state index contributed by atoms with van der Waals surface area (Å²) in [5.74, 6) is 1.88. The lowest BCUT2D eigenvalue weighted by atomic mass is 9.90. The Kier molecular flexibility index (Phi) is 13.8. The summed E-state index contributed by atoms with van der Waals surface area (Å²) in [7, 11) is 0. The summed E-state index contributed by atoms with van der Waals surface area (Å²) >= 11 is 9.92. The molecule has 3 aromatic carbocycles. The lowest BCUT2D eigenvalue weighted by Crippen LogP contribution is -2.48. The molecule has 5 saturated heterocycles. The normalized spacial score (nSPS) is 21.7. The molecule has 5 aromatic rings. The maximum absolute atomic E-state index is 12.3. The highest BCUT2D eigenvalue weighted by Crippen LogP contribution is 2.35. The summed E-state index contributed by atoms with van der Waals surface area (Å²) in [6, 6.07) is 25.6. The van der Waals surface area contributed by atoms with Crippen LogP contribution in [0.1, 0.15) is 61.1 Å². The van der Waals surface area contributed by atoms with E-state index < -0.39 is 0 Å². The zero-order valence-electron chi connectivity index (χ0n) is 37.4. The summed E-state index contributed by atoms with van der Waals surface area (Å²) in [5.41, 5.74) is 8.83. The maximum atomic E-state index is 12.3. The highest BCUT2D eigenvalue weighted by Gasteiger charge is 2.30. The molecule has 12 nitrogen and oxygen atoms in total. The molecular formula is C51H62BrClN10O2. The molecule has 5 aliphatic heterocycles. The summed E-state index contributed by atoms with van der Waals surface area (Å²) in [6.45, 7) is 17.4. The number of hydrogen-bond donors (Lipinski definition) is 2. The molecule has 0 saturated carbocycles. The quantitative estimate of drug-likeness (QED) is 0.121. The largest absolute Gasteiger partial charge is 0.372 e. The number of aromatic amines is 1. The predicted octanol–water partition coefficient (Wildman–Crippen LogP) is 7.63. The second-order valence-electron chi connectivity index (χ2n) is 19.2. The van der Waals surface area contributed by atoms with Gasteiger partial charge in [0, 0.05) is 121 Å². The van der Waals surface area contributed by atoms with Crippen LogP contribution in [0.2, 0.25) is 5.02 Å². The third kappa shape index (κ3) is 10.8. The van der Waals surface area contributed by atoms with Crippen molar-refractivity contribution in [2.24, 2.45) is 11.8 Å². The molecule has 0 unspecified atom stereocenters. The second-order valence-corrected chi connectivity index (χ2v) is 20.5. The van der Waals surface area contributed by atoms with Crippen molar-refractivity contribution in [1.82, 2.24) is 39.9 Å². The van der Waals surface area contributed by atoms with Gasteiger partial charge in [-0.3, -0.25) is 24.7 Å². The molecule has 0 aliphatic carbocycles. The maximum Gasteiger partial charge on any atom is 0.234 e. The van der Waals surface area contributed by atoms with Crippen molar-refractivity contribution >= 4 is 61.9 Å². The standard InChI is InChI=1S/C51H62BrClN10O2/c52-45-31-54-50-47(48(45)63-29-27-61(28-30-63)33-37-3-9-42(53)10-4-37)56-49(57-50)41-5-1-36(2-6-41)32-59-23-25-60(26-24-59)35-38-15-19-58(20-16-38)34-39-17-21-62(22-18-39)43-11-7-40(8-12-43)44-13-14-46(64)55-51(44)65/h1-12,31,38-39,44H,13-30,32-35H2,(H,54,56,57)(H,55,64,65)/t44-/m1/s1. The number of piperidine rings is 3. The number of H-pyrrole nitrogens is 1. The molecule has 342 valence electrons. The topological polar surface area (TPSA) is 107 Å². The van der Waals surface area contributed by atoms with E-state index in [1.807, 2.05) is 18.3 Å². The zero-order valence-corrected chi connectivity index (χ0v) is 39.8. The van der Waals surface area contributed by atoms with E-state index in [0.717, 1.165) is 134 Å². The van der Waals surface area contributed by atoms with E-state index >= 15 is 0 Å². The number of aromatic nitrogens is 3. The van der Waals surface area contributed by atoms with Crippen LogP contribution in [-0.2, 0) is 22.7 Å². The number of benzene rings is 3. The van der Waals surface area contributed by atoms with Crippen molar-refractivity contribution in [3.05, 3.63) is 105 Å². The molecule has 65 heavy (non-hydrogen) atoms. The van der Waals surface area contributed by atoms with E-state index in [2.05, 4.69) is 121 Å². The smallest absolute Gasteiger partial charge is 0.234 e. The van der Waals surface area contributed by atoms with E-state index in [-0.39, 0.29) is 17.7 Å². The molecule has 2 aromatic heterocycles. The Morgan fingerprint density at radius 3 is 1.83 bits per heavy atom. The van der Waals surface area contributed by atoms with Crippen LogP contribution in [0.5, 0.6) is 0 Å². The molecule has 14 heteroatoms. The number of carbonyl (C=O) groups excluding carboxylic acids is 2. The van der Waals surface area contributed by atoms with E-state index in [1.54, 1.807) is 0 Å². The van der Waals surface area contributed by atoms with Gasteiger partial charge in [0.2, 0.25) is 11.8 Å². The summed E-state index contributed by atoms with van der Waals surface area (Å²) in [5, 5.41) is 3.27. The summed E-state index contributed by atoms with van der Waals surface area (Å²) in [6.07, 6.45) is 7.99. The number of nitrogens with one attached hydrogen (secondary N) is 2. The minimum absolute atomic E-state index is 0.161. The van der Waals surface area contributed by atoms with Crippen molar-refractivity contribution in [3.63, 3.8) is 0 Å². The number of imide groups is 1. The number of fused-ring (bicyclic) bond motifs is 1. The van der Waals surface area contributed by atoms with E-state index in [0.29, 0.717) is 12.8 Å². The first kappa shape index (κ1) is 44.5. The molecule has 0 bridgehead atoms. The molecule has 0 spiro atoms. The van der Waals surface area contributed by atoms with Crippen LogP contribution < -0.4 is 15.1 Å². The van der Waals surface area contributed by atoms with Gasteiger partial charge in [0.1, 0.15) is 11.3 Å². The van der Waals surface area contributed by atoms with Crippen molar-refractivity contribution in [2.75, 3.05) is 101 Å². The van der Waals surface area contributed by atoms with Crippen molar-refractivity contribution < 1.29 is 9.59 Å². The molecular weight excluding hydrogens is 900 g/mol. The number of rotatable bonds is 12. The van der Waals surface area contributed by atoms with Gasteiger partial charge in [-0.05, 0) is 114 Å². The molecule has 1 atom stereocenters.